The lowest BCUT2D eigenvalue weighted by atomic mass is 9.92. The Hall–Kier alpha value is -1.89. The number of rotatable bonds is 4. The number of nitrogens with zero attached hydrogens (tertiary/aromatic N) is 3. The molecule has 128 valence electrons. The lowest BCUT2D eigenvalue weighted by molar-refractivity contribution is -0.130. The quantitative estimate of drug-likeness (QED) is 0.791. The van der Waals surface area contributed by atoms with Crippen molar-refractivity contribution in [1.29, 1.82) is 0 Å². The number of carbonyl (C=O) groups is 1. The van der Waals surface area contributed by atoms with Crippen LogP contribution >= 0.6 is 11.8 Å². The van der Waals surface area contributed by atoms with E-state index >= 15 is 0 Å². The first-order valence-electron chi connectivity index (χ1n) is 8.02. The molecule has 0 aliphatic carbocycles. The van der Waals surface area contributed by atoms with E-state index in [1.54, 1.807) is 18.2 Å². The van der Waals surface area contributed by atoms with Crippen molar-refractivity contribution in [3.05, 3.63) is 30.1 Å². The summed E-state index contributed by atoms with van der Waals surface area (Å²) in [7, 11) is 0. The van der Waals surface area contributed by atoms with Crippen molar-refractivity contribution >= 4 is 17.7 Å². The maximum Gasteiger partial charge on any atom is 0.277 e. The van der Waals surface area contributed by atoms with Gasteiger partial charge in [-0.3, -0.25) is 4.79 Å². The van der Waals surface area contributed by atoms with Gasteiger partial charge in [0.15, 0.2) is 0 Å². The van der Waals surface area contributed by atoms with Crippen LogP contribution in [0.2, 0.25) is 0 Å². The van der Waals surface area contributed by atoms with Gasteiger partial charge in [-0.15, -0.1) is 10.2 Å². The summed E-state index contributed by atoms with van der Waals surface area (Å²) in [6, 6.07) is 6.23. The van der Waals surface area contributed by atoms with Crippen LogP contribution in [0.25, 0.3) is 11.5 Å². The van der Waals surface area contributed by atoms with Gasteiger partial charge in [-0.2, -0.15) is 0 Å². The standard InChI is InChI=1S/C17H20FN3O2S/c1-11-7-12(2)9-21(8-11)15(22)10-24-17-20-19-16(23-17)13-5-3-4-6-14(13)18/h3-6,11-12H,7-10H2,1-2H3/t11-,12-/m1/s1. The van der Waals surface area contributed by atoms with Crippen LogP contribution in [0.5, 0.6) is 0 Å². The monoisotopic (exact) mass is 349 g/mol. The Labute approximate surface area is 144 Å². The molecule has 1 aromatic heterocycles. The summed E-state index contributed by atoms with van der Waals surface area (Å²) in [5.41, 5.74) is 0.266. The van der Waals surface area contributed by atoms with Gasteiger partial charge in [-0.25, -0.2) is 4.39 Å². The average molecular weight is 349 g/mol. The van der Waals surface area contributed by atoms with Crippen molar-refractivity contribution < 1.29 is 13.6 Å². The molecule has 2 heterocycles. The summed E-state index contributed by atoms with van der Waals surface area (Å²) < 4.78 is 19.2. The van der Waals surface area contributed by atoms with E-state index in [1.165, 1.54) is 17.8 Å². The van der Waals surface area contributed by atoms with E-state index < -0.39 is 5.82 Å². The van der Waals surface area contributed by atoms with Gasteiger partial charge >= 0.3 is 0 Å². The Morgan fingerprint density at radius 1 is 1.29 bits per heavy atom. The fraction of sp³-hybridized carbons (Fsp3) is 0.471. The van der Waals surface area contributed by atoms with Crippen LogP contribution in [0.4, 0.5) is 4.39 Å². The first kappa shape index (κ1) is 17.0. The van der Waals surface area contributed by atoms with Gasteiger partial charge in [0.2, 0.25) is 5.91 Å². The third kappa shape index (κ3) is 3.95. The highest BCUT2D eigenvalue weighted by Crippen LogP contribution is 2.26. The van der Waals surface area contributed by atoms with Crippen molar-refractivity contribution in [3.8, 4) is 11.5 Å². The predicted octanol–water partition coefficient (Wildman–Crippen LogP) is 3.47. The number of hydrogen-bond donors (Lipinski definition) is 0. The number of amides is 1. The molecule has 2 aromatic rings. The molecule has 5 nitrogen and oxygen atoms in total. The third-order valence-corrected chi connectivity index (χ3v) is 4.85. The normalized spacial score (nSPS) is 21.0. The van der Waals surface area contributed by atoms with Gasteiger partial charge in [0.05, 0.1) is 11.3 Å². The van der Waals surface area contributed by atoms with Crippen LogP contribution < -0.4 is 0 Å². The molecule has 1 aliphatic rings. The summed E-state index contributed by atoms with van der Waals surface area (Å²) in [5, 5.41) is 8.03. The highest BCUT2D eigenvalue weighted by Gasteiger charge is 2.25. The zero-order valence-corrected chi connectivity index (χ0v) is 14.6. The largest absolute Gasteiger partial charge is 0.411 e. The highest BCUT2D eigenvalue weighted by atomic mass is 32.2. The second-order valence-electron chi connectivity index (χ2n) is 6.39. The summed E-state index contributed by atoms with van der Waals surface area (Å²) in [4.78, 5) is 14.3. The Morgan fingerprint density at radius 2 is 2.00 bits per heavy atom. The zero-order valence-electron chi connectivity index (χ0n) is 13.7. The second-order valence-corrected chi connectivity index (χ2v) is 7.31. The van der Waals surface area contributed by atoms with Crippen LogP contribution in [0.3, 0.4) is 0 Å². The molecule has 0 saturated carbocycles. The van der Waals surface area contributed by atoms with E-state index in [0.717, 1.165) is 19.5 Å². The van der Waals surface area contributed by atoms with E-state index in [0.29, 0.717) is 11.8 Å². The van der Waals surface area contributed by atoms with E-state index in [1.807, 2.05) is 4.90 Å². The van der Waals surface area contributed by atoms with E-state index in [2.05, 4.69) is 24.0 Å². The molecule has 1 aromatic carbocycles. The third-order valence-electron chi connectivity index (χ3n) is 4.05. The SMILES string of the molecule is C[C@@H]1C[C@@H](C)CN(C(=O)CSc2nnc(-c3ccccc3F)o2)C1. The van der Waals surface area contributed by atoms with Gasteiger partial charge in [0.1, 0.15) is 5.82 Å². The molecule has 0 bridgehead atoms. The Balaban J connectivity index is 1.59. The van der Waals surface area contributed by atoms with Crippen LogP contribution in [0.15, 0.2) is 33.9 Å². The lowest BCUT2D eigenvalue weighted by Gasteiger charge is -2.34. The first-order valence-corrected chi connectivity index (χ1v) is 9.00. The summed E-state index contributed by atoms with van der Waals surface area (Å²) in [6.45, 7) is 5.94. The molecule has 2 atom stereocenters. The minimum Gasteiger partial charge on any atom is -0.411 e. The first-order chi connectivity index (χ1) is 11.5. The summed E-state index contributed by atoms with van der Waals surface area (Å²) in [5.74, 6) is 1.09. The van der Waals surface area contributed by atoms with E-state index in [-0.39, 0.29) is 28.3 Å². The molecular formula is C17H20FN3O2S. The molecule has 1 fully saturated rings. The number of thioether (sulfide) groups is 1. The second kappa shape index (κ2) is 7.34. The Morgan fingerprint density at radius 3 is 2.71 bits per heavy atom. The lowest BCUT2D eigenvalue weighted by Crippen LogP contribution is -2.43. The molecule has 0 unspecified atom stereocenters. The number of aromatic nitrogens is 2. The van der Waals surface area contributed by atoms with Gasteiger partial charge in [0.25, 0.3) is 11.1 Å². The van der Waals surface area contributed by atoms with Crippen molar-refractivity contribution in [2.45, 2.75) is 25.5 Å². The Kier molecular flexibility index (Phi) is 5.18. The molecule has 3 rings (SSSR count). The Bertz CT molecular complexity index is 711. The number of likely N-dealkylation sites (tertiary alicyclic amines) is 1. The van der Waals surface area contributed by atoms with Gasteiger partial charge in [0, 0.05) is 13.1 Å². The highest BCUT2D eigenvalue weighted by molar-refractivity contribution is 7.99. The predicted molar refractivity (Wildman–Crippen MR) is 89.9 cm³/mol. The van der Waals surface area contributed by atoms with Gasteiger partial charge in [-0.05, 0) is 30.4 Å². The van der Waals surface area contributed by atoms with Crippen LogP contribution in [-0.2, 0) is 4.79 Å². The van der Waals surface area contributed by atoms with Crippen molar-refractivity contribution in [2.75, 3.05) is 18.8 Å². The molecule has 1 saturated heterocycles. The number of carbonyl (C=O) groups excluding carboxylic acids is 1. The van der Waals surface area contributed by atoms with E-state index in [4.69, 9.17) is 4.42 Å². The summed E-state index contributed by atoms with van der Waals surface area (Å²) in [6.07, 6.45) is 1.16. The van der Waals surface area contributed by atoms with Crippen molar-refractivity contribution in [3.63, 3.8) is 0 Å². The molecule has 0 radical (unpaired) electrons. The van der Waals surface area contributed by atoms with Crippen molar-refractivity contribution in [2.24, 2.45) is 11.8 Å². The van der Waals surface area contributed by atoms with Crippen LogP contribution in [0.1, 0.15) is 20.3 Å². The van der Waals surface area contributed by atoms with E-state index in [9.17, 15) is 9.18 Å². The molecule has 24 heavy (non-hydrogen) atoms. The number of piperidine rings is 1. The molecule has 0 spiro atoms. The van der Waals surface area contributed by atoms with Crippen LogP contribution in [0, 0.1) is 17.7 Å². The molecule has 1 amide bonds. The summed E-state index contributed by atoms with van der Waals surface area (Å²) >= 11 is 1.19. The van der Waals surface area contributed by atoms with Crippen LogP contribution in [-0.4, -0.2) is 39.8 Å². The fourth-order valence-electron chi connectivity index (χ4n) is 3.09. The molecular weight excluding hydrogens is 329 g/mol. The maximum absolute atomic E-state index is 13.7. The number of benzene rings is 1. The van der Waals surface area contributed by atoms with Crippen molar-refractivity contribution in [1.82, 2.24) is 15.1 Å². The number of hydrogen-bond acceptors (Lipinski definition) is 5. The smallest absolute Gasteiger partial charge is 0.277 e. The number of halogens is 1. The maximum atomic E-state index is 13.7. The molecule has 7 heteroatoms. The minimum atomic E-state index is -0.412. The minimum absolute atomic E-state index is 0.0732. The molecule has 1 aliphatic heterocycles. The topological polar surface area (TPSA) is 59.2 Å². The van der Waals surface area contributed by atoms with Gasteiger partial charge in [-0.1, -0.05) is 37.7 Å². The molecule has 0 N–H and O–H groups in total. The zero-order chi connectivity index (χ0) is 17.1. The fourth-order valence-corrected chi connectivity index (χ4v) is 3.76. The average Bonchev–Trinajstić information content (AvgIpc) is 3.01. The van der Waals surface area contributed by atoms with Gasteiger partial charge < -0.3 is 9.32 Å².